The number of hydrogen-bond acceptors (Lipinski definition) is 3. The van der Waals surface area contributed by atoms with Gasteiger partial charge in [0, 0.05) is 19.2 Å². The van der Waals surface area contributed by atoms with Gasteiger partial charge in [0.15, 0.2) is 0 Å². The molecule has 0 unspecified atom stereocenters. The maximum absolute atomic E-state index is 11.6. The van der Waals surface area contributed by atoms with E-state index in [1.807, 2.05) is 6.92 Å². The Morgan fingerprint density at radius 1 is 1.53 bits per heavy atom. The molecule has 6 heteroatoms. The molecule has 94 valence electrons. The predicted molar refractivity (Wildman–Crippen MR) is 62.6 cm³/mol. The summed E-state index contributed by atoms with van der Waals surface area (Å²) in [6, 6.07) is 0. The van der Waals surface area contributed by atoms with Crippen LogP contribution >= 0.6 is 0 Å². The number of rotatable bonds is 5. The van der Waals surface area contributed by atoms with Gasteiger partial charge in [-0.05, 0) is 20.8 Å². The van der Waals surface area contributed by atoms with E-state index in [0.717, 1.165) is 6.54 Å². The van der Waals surface area contributed by atoms with E-state index in [2.05, 4.69) is 10.4 Å². The number of carboxylic acids is 1. The maximum atomic E-state index is 11.6. The quantitative estimate of drug-likeness (QED) is 0.812. The molecule has 0 spiro atoms. The van der Waals surface area contributed by atoms with Gasteiger partial charge < -0.3 is 10.4 Å². The number of nitrogens with zero attached hydrogens (tertiary/aromatic N) is 2. The lowest BCUT2D eigenvalue weighted by Gasteiger charge is -2.17. The van der Waals surface area contributed by atoms with Crippen molar-refractivity contribution in [3.8, 4) is 0 Å². The Kier molecular flexibility index (Phi) is 3.88. The van der Waals surface area contributed by atoms with Gasteiger partial charge in [-0.2, -0.15) is 5.10 Å². The lowest BCUT2D eigenvalue weighted by molar-refractivity contribution is -0.148. The molecule has 0 radical (unpaired) electrons. The van der Waals surface area contributed by atoms with Crippen molar-refractivity contribution >= 4 is 17.6 Å². The average molecular weight is 239 g/mol. The lowest BCUT2D eigenvalue weighted by Crippen LogP contribution is -2.29. The fourth-order valence-corrected chi connectivity index (χ4v) is 1.28. The van der Waals surface area contributed by atoms with Gasteiger partial charge >= 0.3 is 5.97 Å². The average Bonchev–Trinajstić information content (AvgIpc) is 2.64. The second-order valence-corrected chi connectivity index (χ2v) is 4.50. The summed E-state index contributed by atoms with van der Waals surface area (Å²) >= 11 is 0. The van der Waals surface area contributed by atoms with Crippen LogP contribution in [-0.4, -0.2) is 26.8 Å². The summed E-state index contributed by atoms with van der Waals surface area (Å²) < 4.78 is 1.68. The molecule has 0 aliphatic heterocycles. The van der Waals surface area contributed by atoms with E-state index in [-0.39, 0.29) is 12.3 Å². The molecule has 6 nitrogen and oxygen atoms in total. The highest BCUT2D eigenvalue weighted by molar-refractivity contribution is 5.93. The monoisotopic (exact) mass is 239 g/mol. The van der Waals surface area contributed by atoms with Crippen LogP contribution in [0.2, 0.25) is 0 Å². The molecule has 0 saturated heterocycles. The van der Waals surface area contributed by atoms with E-state index in [4.69, 9.17) is 5.11 Å². The van der Waals surface area contributed by atoms with Crippen molar-refractivity contribution in [1.82, 2.24) is 9.78 Å². The van der Waals surface area contributed by atoms with Crippen molar-refractivity contribution in [2.45, 2.75) is 33.7 Å². The van der Waals surface area contributed by atoms with Crippen LogP contribution < -0.4 is 5.32 Å². The zero-order valence-corrected chi connectivity index (χ0v) is 10.2. The van der Waals surface area contributed by atoms with Gasteiger partial charge in [-0.3, -0.25) is 14.3 Å². The molecule has 1 rings (SSSR count). The van der Waals surface area contributed by atoms with Crippen LogP contribution in [0.5, 0.6) is 0 Å². The Bertz CT molecular complexity index is 423. The number of aliphatic carboxylic acids is 1. The maximum Gasteiger partial charge on any atom is 0.309 e. The Balaban J connectivity index is 2.58. The molecule has 1 heterocycles. The first kappa shape index (κ1) is 13.2. The zero-order chi connectivity index (χ0) is 13.1. The van der Waals surface area contributed by atoms with Crippen LogP contribution in [0.15, 0.2) is 12.4 Å². The first-order chi connectivity index (χ1) is 7.85. The fraction of sp³-hybridized carbons (Fsp3) is 0.545. The van der Waals surface area contributed by atoms with E-state index in [9.17, 15) is 9.59 Å². The SMILES string of the molecule is CCn1cc(NC(=O)CC(C)(C)C(=O)O)cn1. The van der Waals surface area contributed by atoms with Gasteiger partial charge in [0.1, 0.15) is 0 Å². The number of hydrogen-bond donors (Lipinski definition) is 2. The van der Waals surface area contributed by atoms with Gasteiger partial charge in [-0.25, -0.2) is 0 Å². The van der Waals surface area contributed by atoms with Crippen molar-refractivity contribution in [1.29, 1.82) is 0 Å². The van der Waals surface area contributed by atoms with Gasteiger partial charge in [-0.1, -0.05) is 0 Å². The number of carbonyl (C=O) groups excluding carboxylic acids is 1. The molecule has 2 N–H and O–H groups in total. The third-order valence-corrected chi connectivity index (χ3v) is 2.42. The highest BCUT2D eigenvalue weighted by Gasteiger charge is 2.30. The zero-order valence-electron chi connectivity index (χ0n) is 10.2. The minimum Gasteiger partial charge on any atom is -0.481 e. The summed E-state index contributed by atoms with van der Waals surface area (Å²) in [6.07, 6.45) is 3.17. The highest BCUT2D eigenvalue weighted by Crippen LogP contribution is 2.21. The number of aryl methyl sites for hydroxylation is 1. The van der Waals surface area contributed by atoms with Gasteiger partial charge in [-0.15, -0.1) is 0 Å². The molecule has 1 aromatic heterocycles. The molecule has 1 aromatic rings. The van der Waals surface area contributed by atoms with E-state index in [0.29, 0.717) is 5.69 Å². The van der Waals surface area contributed by atoms with Crippen molar-refractivity contribution in [3.05, 3.63) is 12.4 Å². The number of nitrogens with one attached hydrogen (secondary N) is 1. The second-order valence-electron chi connectivity index (χ2n) is 4.50. The molecular weight excluding hydrogens is 222 g/mol. The fourth-order valence-electron chi connectivity index (χ4n) is 1.28. The summed E-state index contributed by atoms with van der Waals surface area (Å²) in [5, 5.41) is 15.5. The Morgan fingerprint density at radius 2 is 2.18 bits per heavy atom. The summed E-state index contributed by atoms with van der Waals surface area (Å²) in [4.78, 5) is 22.5. The van der Waals surface area contributed by atoms with Crippen LogP contribution in [0.4, 0.5) is 5.69 Å². The standard InChI is InChI=1S/C11H17N3O3/c1-4-14-7-8(6-12-14)13-9(15)5-11(2,3)10(16)17/h6-7H,4-5H2,1-3H3,(H,13,15)(H,16,17). The molecule has 17 heavy (non-hydrogen) atoms. The lowest BCUT2D eigenvalue weighted by atomic mass is 9.89. The second kappa shape index (κ2) is 4.99. The minimum absolute atomic E-state index is 0.0698. The van der Waals surface area contributed by atoms with E-state index in [1.165, 1.54) is 20.0 Å². The van der Waals surface area contributed by atoms with Gasteiger partial charge in [0.2, 0.25) is 5.91 Å². The largest absolute Gasteiger partial charge is 0.481 e. The van der Waals surface area contributed by atoms with Crippen molar-refractivity contribution in [3.63, 3.8) is 0 Å². The van der Waals surface area contributed by atoms with Crippen molar-refractivity contribution in [2.75, 3.05) is 5.32 Å². The first-order valence-corrected chi connectivity index (χ1v) is 5.41. The van der Waals surface area contributed by atoms with Crippen LogP contribution in [-0.2, 0) is 16.1 Å². The Labute approximate surface area is 99.6 Å². The van der Waals surface area contributed by atoms with Crippen molar-refractivity contribution < 1.29 is 14.7 Å². The number of carboxylic acid groups (broad SMARTS) is 1. The number of amides is 1. The Morgan fingerprint density at radius 3 is 2.65 bits per heavy atom. The topological polar surface area (TPSA) is 84.2 Å². The van der Waals surface area contributed by atoms with Gasteiger partial charge in [0.05, 0.1) is 17.3 Å². The Hall–Kier alpha value is -1.85. The highest BCUT2D eigenvalue weighted by atomic mass is 16.4. The summed E-state index contributed by atoms with van der Waals surface area (Å²) in [7, 11) is 0. The summed E-state index contributed by atoms with van der Waals surface area (Å²) in [5.41, 5.74) is -0.483. The molecule has 0 aliphatic carbocycles. The third-order valence-electron chi connectivity index (χ3n) is 2.42. The molecule has 0 saturated carbocycles. The van der Waals surface area contributed by atoms with E-state index in [1.54, 1.807) is 10.9 Å². The molecule has 0 bridgehead atoms. The number of carbonyl (C=O) groups is 2. The molecule has 0 aromatic carbocycles. The minimum atomic E-state index is -1.06. The van der Waals surface area contributed by atoms with E-state index < -0.39 is 11.4 Å². The van der Waals surface area contributed by atoms with Crippen molar-refractivity contribution in [2.24, 2.45) is 5.41 Å². The van der Waals surface area contributed by atoms with Crippen LogP contribution in [0.25, 0.3) is 0 Å². The molecular formula is C11H17N3O3. The van der Waals surface area contributed by atoms with Crippen LogP contribution in [0.1, 0.15) is 27.2 Å². The number of anilines is 1. The number of aromatic nitrogens is 2. The van der Waals surface area contributed by atoms with Crippen LogP contribution in [0, 0.1) is 5.41 Å². The smallest absolute Gasteiger partial charge is 0.309 e. The van der Waals surface area contributed by atoms with Crippen LogP contribution in [0.3, 0.4) is 0 Å². The van der Waals surface area contributed by atoms with Gasteiger partial charge in [0.25, 0.3) is 0 Å². The first-order valence-electron chi connectivity index (χ1n) is 5.41. The normalized spacial score (nSPS) is 11.2. The molecule has 0 atom stereocenters. The summed E-state index contributed by atoms with van der Waals surface area (Å²) in [5.74, 6) is -1.31. The third kappa shape index (κ3) is 3.58. The predicted octanol–water partition coefficient (Wildman–Crippen LogP) is 1.34. The van der Waals surface area contributed by atoms with E-state index >= 15 is 0 Å². The summed E-state index contributed by atoms with van der Waals surface area (Å²) in [6.45, 7) is 5.69. The molecule has 1 amide bonds. The molecule has 0 aliphatic rings. The molecule has 0 fully saturated rings.